The molecule has 0 saturated carbocycles. The van der Waals surface area contributed by atoms with E-state index in [1.165, 1.54) is 22.5 Å². The predicted molar refractivity (Wildman–Crippen MR) is 113 cm³/mol. The third-order valence-corrected chi connectivity index (χ3v) is 5.80. The summed E-state index contributed by atoms with van der Waals surface area (Å²) in [5.74, 6) is 0.309. The molecular formula is C21H25N3O3S. The van der Waals surface area contributed by atoms with Crippen LogP contribution in [0.15, 0.2) is 28.4 Å². The number of nitrogens with zero attached hydrogens (tertiary/aromatic N) is 2. The number of nitrogens with two attached hydrogens (primary N) is 1. The van der Waals surface area contributed by atoms with Crippen LogP contribution in [0.3, 0.4) is 0 Å². The lowest BCUT2D eigenvalue weighted by Crippen LogP contribution is -2.26. The molecule has 0 aliphatic rings. The molecule has 2 aromatic heterocycles. The fourth-order valence-electron chi connectivity index (χ4n) is 3.21. The highest BCUT2D eigenvalue weighted by molar-refractivity contribution is 7.17. The van der Waals surface area contributed by atoms with Gasteiger partial charge in [-0.2, -0.15) is 0 Å². The summed E-state index contributed by atoms with van der Waals surface area (Å²) in [4.78, 5) is 29.9. The summed E-state index contributed by atoms with van der Waals surface area (Å²) in [5, 5.41) is 2.63. The van der Waals surface area contributed by atoms with Crippen molar-refractivity contribution in [3.05, 3.63) is 50.9 Å². The summed E-state index contributed by atoms with van der Waals surface area (Å²) >= 11 is 1.48. The molecule has 0 atom stereocenters. The quantitative estimate of drug-likeness (QED) is 0.630. The van der Waals surface area contributed by atoms with Crippen molar-refractivity contribution >= 4 is 27.5 Å². The Bertz CT molecular complexity index is 1070. The first-order valence-electron chi connectivity index (χ1n) is 9.28. The number of primary amides is 1. The maximum absolute atomic E-state index is 13.4. The number of ether oxygens (including phenoxy) is 1. The van der Waals surface area contributed by atoms with E-state index >= 15 is 0 Å². The topological polar surface area (TPSA) is 87.2 Å². The van der Waals surface area contributed by atoms with Gasteiger partial charge in [0.15, 0.2) is 0 Å². The number of carbonyl (C=O) groups excluding carboxylic acids is 1. The molecule has 28 heavy (non-hydrogen) atoms. The second-order valence-corrected chi connectivity index (χ2v) is 7.78. The van der Waals surface area contributed by atoms with Crippen LogP contribution >= 0.6 is 11.3 Å². The van der Waals surface area contributed by atoms with Crippen molar-refractivity contribution in [3.63, 3.8) is 0 Å². The number of aryl methyl sites for hydroxylation is 2. The van der Waals surface area contributed by atoms with Crippen molar-refractivity contribution in [3.8, 4) is 11.1 Å². The van der Waals surface area contributed by atoms with Gasteiger partial charge in [0.2, 0.25) is 5.91 Å². The Morgan fingerprint density at radius 3 is 2.75 bits per heavy atom. The van der Waals surface area contributed by atoms with E-state index in [1.807, 2.05) is 11.4 Å². The summed E-state index contributed by atoms with van der Waals surface area (Å²) < 4.78 is 6.84. The molecule has 0 spiro atoms. The van der Waals surface area contributed by atoms with E-state index < -0.39 is 0 Å². The number of thiophene rings is 1. The van der Waals surface area contributed by atoms with Gasteiger partial charge < -0.3 is 10.5 Å². The molecule has 6 nitrogen and oxygen atoms in total. The first-order valence-corrected chi connectivity index (χ1v) is 10.2. The molecule has 0 aliphatic heterocycles. The van der Waals surface area contributed by atoms with Crippen molar-refractivity contribution in [2.45, 2.75) is 39.7 Å². The maximum Gasteiger partial charge on any atom is 0.262 e. The number of hydrogen-bond donors (Lipinski definition) is 1. The maximum atomic E-state index is 13.4. The Balaban J connectivity index is 2.12. The van der Waals surface area contributed by atoms with E-state index in [0.29, 0.717) is 37.2 Å². The lowest BCUT2D eigenvalue weighted by molar-refractivity contribution is -0.118. The van der Waals surface area contributed by atoms with Crippen molar-refractivity contribution in [2.75, 3.05) is 13.7 Å². The molecule has 148 valence electrons. The minimum Gasteiger partial charge on any atom is -0.384 e. The van der Waals surface area contributed by atoms with Crippen molar-refractivity contribution in [2.24, 2.45) is 5.73 Å². The molecule has 0 fully saturated rings. The highest BCUT2D eigenvalue weighted by atomic mass is 32.1. The fraction of sp³-hybridized carbons (Fsp3) is 0.381. The Hall–Kier alpha value is -2.51. The van der Waals surface area contributed by atoms with Gasteiger partial charge in [-0.25, -0.2) is 4.98 Å². The normalized spacial score (nSPS) is 11.2. The van der Waals surface area contributed by atoms with Gasteiger partial charge in [0.05, 0.1) is 12.0 Å². The molecule has 3 aromatic rings. The SMILES string of the molecule is COCCc1nc2scc(-c3ccc(C)c(C)c3)c2c(=O)n1CCCC(N)=O. The molecule has 2 N–H and O–H groups in total. The Labute approximate surface area is 168 Å². The summed E-state index contributed by atoms with van der Waals surface area (Å²) in [6.45, 7) is 5.02. The zero-order chi connectivity index (χ0) is 20.3. The van der Waals surface area contributed by atoms with Crippen LogP contribution < -0.4 is 11.3 Å². The molecule has 0 saturated heterocycles. The van der Waals surface area contributed by atoms with E-state index in [9.17, 15) is 9.59 Å². The molecule has 7 heteroatoms. The highest BCUT2D eigenvalue weighted by Crippen LogP contribution is 2.32. The number of amides is 1. The molecule has 0 aliphatic carbocycles. The fourth-order valence-corrected chi connectivity index (χ4v) is 4.17. The van der Waals surface area contributed by atoms with Crippen LogP contribution in [0.2, 0.25) is 0 Å². The second kappa shape index (κ2) is 8.67. The average molecular weight is 400 g/mol. The van der Waals surface area contributed by atoms with Crippen LogP contribution in [0.4, 0.5) is 0 Å². The van der Waals surface area contributed by atoms with Crippen LogP contribution in [0, 0.1) is 13.8 Å². The van der Waals surface area contributed by atoms with Gasteiger partial charge in [0.1, 0.15) is 10.7 Å². The van der Waals surface area contributed by atoms with Crippen LogP contribution in [0.5, 0.6) is 0 Å². The van der Waals surface area contributed by atoms with Gasteiger partial charge in [-0.15, -0.1) is 11.3 Å². The molecule has 1 amide bonds. The number of rotatable bonds is 8. The van der Waals surface area contributed by atoms with Gasteiger partial charge in [-0.05, 0) is 37.0 Å². The standard InChI is InChI=1S/C21H25N3O3S/c1-13-6-7-15(11-14(13)2)16-12-28-20-19(16)21(26)24(9-4-5-17(22)25)18(23-20)8-10-27-3/h6-7,11-12H,4-5,8-10H2,1-3H3,(H2,22,25). The van der Waals surface area contributed by atoms with E-state index in [1.54, 1.807) is 11.7 Å². The molecule has 2 heterocycles. The summed E-state index contributed by atoms with van der Waals surface area (Å²) in [6, 6.07) is 6.21. The molecule has 0 bridgehead atoms. The van der Waals surface area contributed by atoms with Crippen LogP contribution in [-0.2, 0) is 22.5 Å². The number of carbonyl (C=O) groups is 1. The number of methoxy groups -OCH3 is 1. The Kier molecular flexibility index (Phi) is 6.26. The van der Waals surface area contributed by atoms with Crippen molar-refractivity contribution < 1.29 is 9.53 Å². The minimum atomic E-state index is -0.369. The first-order chi connectivity index (χ1) is 13.4. The van der Waals surface area contributed by atoms with Gasteiger partial charge in [-0.3, -0.25) is 14.2 Å². The summed E-state index contributed by atoms with van der Waals surface area (Å²) in [6.07, 6.45) is 1.28. The third-order valence-electron chi connectivity index (χ3n) is 4.93. The van der Waals surface area contributed by atoms with Crippen LogP contribution in [0.25, 0.3) is 21.3 Å². The Morgan fingerprint density at radius 1 is 1.29 bits per heavy atom. The average Bonchev–Trinajstić information content (AvgIpc) is 3.08. The lowest BCUT2D eigenvalue weighted by Gasteiger charge is -2.12. The molecule has 3 rings (SSSR count). The largest absolute Gasteiger partial charge is 0.384 e. The van der Waals surface area contributed by atoms with E-state index in [0.717, 1.165) is 16.0 Å². The summed E-state index contributed by atoms with van der Waals surface area (Å²) in [7, 11) is 1.62. The minimum absolute atomic E-state index is 0.0740. The molecule has 0 unspecified atom stereocenters. The lowest BCUT2D eigenvalue weighted by atomic mass is 10.0. The summed E-state index contributed by atoms with van der Waals surface area (Å²) in [5.41, 5.74) is 9.50. The van der Waals surface area contributed by atoms with Crippen LogP contribution in [0.1, 0.15) is 29.8 Å². The Morgan fingerprint density at radius 2 is 2.07 bits per heavy atom. The number of aromatic nitrogens is 2. The molecule has 1 aromatic carbocycles. The third kappa shape index (κ3) is 4.15. The van der Waals surface area contributed by atoms with Gasteiger partial charge in [-0.1, -0.05) is 18.2 Å². The highest BCUT2D eigenvalue weighted by Gasteiger charge is 2.17. The zero-order valence-electron chi connectivity index (χ0n) is 16.4. The molecular weight excluding hydrogens is 374 g/mol. The number of benzene rings is 1. The van der Waals surface area contributed by atoms with Gasteiger partial charge >= 0.3 is 0 Å². The zero-order valence-corrected chi connectivity index (χ0v) is 17.3. The van der Waals surface area contributed by atoms with Crippen LogP contribution in [-0.4, -0.2) is 29.2 Å². The first kappa shape index (κ1) is 20.2. The predicted octanol–water partition coefficient (Wildman–Crippen LogP) is 3.20. The molecule has 0 radical (unpaired) electrons. The number of hydrogen-bond acceptors (Lipinski definition) is 5. The second-order valence-electron chi connectivity index (χ2n) is 6.93. The van der Waals surface area contributed by atoms with Crippen molar-refractivity contribution in [1.29, 1.82) is 0 Å². The van der Waals surface area contributed by atoms with E-state index in [4.69, 9.17) is 15.5 Å². The monoisotopic (exact) mass is 399 g/mol. The van der Waals surface area contributed by atoms with E-state index in [-0.39, 0.29) is 17.9 Å². The smallest absolute Gasteiger partial charge is 0.262 e. The van der Waals surface area contributed by atoms with Crippen molar-refractivity contribution in [1.82, 2.24) is 9.55 Å². The van der Waals surface area contributed by atoms with Gasteiger partial charge in [0, 0.05) is 37.4 Å². The van der Waals surface area contributed by atoms with Gasteiger partial charge in [0.25, 0.3) is 5.56 Å². The van der Waals surface area contributed by atoms with E-state index in [2.05, 4.69) is 26.0 Å². The number of fused-ring (bicyclic) bond motifs is 1.